The molecule has 1 fully saturated rings. The SMILES string of the molecule is COc1ccc2cc(CN(C)C(=O)c3ccc(S(=O)(=O)N4CC(C)OC(C)C4)cc3)ccc2c1. The van der Waals surface area contributed by atoms with Crippen LogP contribution in [-0.2, 0) is 21.3 Å². The summed E-state index contributed by atoms with van der Waals surface area (Å²) in [7, 11) is -0.267. The lowest BCUT2D eigenvalue weighted by Crippen LogP contribution is -2.48. The number of rotatable bonds is 6. The van der Waals surface area contributed by atoms with Crippen LogP contribution < -0.4 is 4.74 Å². The summed E-state index contributed by atoms with van der Waals surface area (Å²) in [6.45, 7) is 4.79. The molecule has 34 heavy (non-hydrogen) atoms. The lowest BCUT2D eigenvalue weighted by atomic mass is 10.1. The number of methoxy groups -OCH3 is 1. The Morgan fingerprint density at radius 3 is 2.26 bits per heavy atom. The Morgan fingerprint density at radius 2 is 1.62 bits per heavy atom. The highest BCUT2D eigenvalue weighted by Crippen LogP contribution is 2.24. The standard InChI is InChI=1S/C26H30N2O5S/c1-18-15-28(16-19(2)33-18)34(30,31)25-11-8-21(9-12-25)26(29)27(3)17-20-5-6-23-14-24(32-4)10-7-22(23)13-20/h5-14,18-19H,15-17H2,1-4H3. The molecule has 0 bridgehead atoms. The Morgan fingerprint density at radius 1 is 1.00 bits per heavy atom. The quantitative estimate of drug-likeness (QED) is 0.532. The molecule has 0 N–H and O–H groups in total. The van der Waals surface area contributed by atoms with Crippen molar-refractivity contribution in [1.82, 2.24) is 9.21 Å². The first kappa shape index (κ1) is 24.2. The van der Waals surface area contributed by atoms with E-state index in [4.69, 9.17) is 9.47 Å². The molecule has 1 aliphatic rings. The number of hydrogen-bond donors (Lipinski definition) is 0. The van der Waals surface area contributed by atoms with Crippen LogP contribution in [-0.4, -0.2) is 63.0 Å². The maximum Gasteiger partial charge on any atom is 0.253 e. The monoisotopic (exact) mass is 482 g/mol. The van der Waals surface area contributed by atoms with Crippen molar-refractivity contribution in [3.05, 3.63) is 71.8 Å². The third-order valence-electron chi connectivity index (χ3n) is 6.00. The molecular weight excluding hydrogens is 452 g/mol. The van der Waals surface area contributed by atoms with Crippen LogP contribution in [0.25, 0.3) is 10.8 Å². The van der Waals surface area contributed by atoms with Gasteiger partial charge in [-0.05, 0) is 72.6 Å². The molecule has 180 valence electrons. The van der Waals surface area contributed by atoms with Gasteiger partial charge in [-0.1, -0.05) is 18.2 Å². The fraction of sp³-hybridized carbons (Fsp3) is 0.346. The molecule has 8 heteroatoms. The maximum atomic E-state index is 13.0. The van der Waals surface area contributed by atoms with Gasteiger partial charge in [-0.25, -0.2) is 8.42 Å². The van der Waals surface area contributed by atoms with E-state index in [9.17, 15) is 13.2 Å². The van der Waals surface area contributed by atoms with Crippen molar-refractivity contribution in [2.45, 2.75) is 37.5 Å². The van der Waals surface area contributed by atoms with E-state index in [0.29, 0.717) is 25.2 Å². The van der Waals surface area contributed by atoms with Gasteiger partial charge in [0.15, 0.2) is 0 Å². The van der Waals surface area contributed by atoms with Gasteiger partial charge in [0.2, 0.25) is 10.0 Å². The summed E-state index contributed by atoms with van der Waals surface area (Å²) < 4.78 is 38.5. The van der Waals surface area contributed by atoms with Crippen molar-refractivity contribution in [3.8, 4) is 5.75 Å². The van der Waals surface area contributed by atoms with Gasteiger partial charge in [0.05, 0.1) is 24.2 Å². The minimum absolute atomic E-state index is 0.162. The summed E-state index contributed by atoms with van der Waals surface area (Å²) in [5.41, 5.74) is 1.44. The fourth-order valence-corrected chi connectivity index (χ4v) is 5.90. The largest absolute Gasteiger partial charge is 0.497 e. The number of carbonyl (C=O) groups is 1. The highest BCUT2D eigenvalue weighted by Gasteiger charge is 2.32. The first-order chi connectivity index (χ1) is 16.2. The minimum Gasteiger partial charge on any atom is -0.497 e. The Labute approximate surface area is 200 Å². The Bertz CT molecular complexity index is 1280. The summed E-state index contributed by atoms with van der Waals surface area (Å²) in [6.07, 6.45) is -0.324. The zero-order chi connectivity index (χ0) is 24.5. The second-order valence-corrected chi connectivity index (χ2v) is 10.8. The van der Waals surface area contributed by atoms with Crippen molar-refractivity contribution >= 4 is 26.7 Å². The van der Waals surface area contributed by atoms with Crippen LogP contribution in [0.4, 0.5) is 0 Å². The molecule has 1 amide bonds. The van der Waals surface area contributed by atoms with Gasteiger partial charge < -0.3 is 14.4 Å². The van der Waals surface area contributed by atoms with Crippen LogP contribution in [0.15, 0.2) is 65.6 Å². The van der Waals surface area contributed by atoms with Gasteiger partial charge in [0, 0.05) is 32.2 Å². The molecule has 3 aromatic rings. The molecule has 1 heterocycles. The van der Waals surface area contributed by atoms with E-state index >= 15 is 0 Å². The van der Waals surface area contributed by atoms with E-state index in [0.717, 1.165) is 22.1 Å². The molecule has 4 rings (SSSR count). The molecule has 0 radical (unpaired) electrons. The van der Waals surface area contributed by atoms with E-state index in [1.165, 1.54) is 16.4 Å². The molecule has 7 nitrogen and oxygen atoms in total. The summed E-state index contributed by atoms with van der Waals surface area (Å²) >= 11 is 0. The van der Waals surface area contributed by atoms with E-state index in [-0.39, 0.29) is 23.0 Å². The van der Waals surface area contributed by atoms with Gasteiger partial charge in [-0.2, -0.15) is 4.31 Å². The van der Waals surface area contributed by atoms with Crippen molar-refractivity contribution in [2.24, 2.45) is 0 Å². The predicted molar refractivity (Wildman–Crippen MR) is 132 cm³/mol. The first-order valence-corrected chi connectivity index (χ1v) is 12.7. The number of nitrogens with zero attached hydrogens (tertiary/aromatic N) is 2. The van der Waals surface area contributed by atoms with Crippen LogP contribution in [0.2, 0.25) is 0 Å². The van der Waals surface area contributed by atoms with E-state index < -0.39 is 10.0 Å². The number of amides is 1. The minimum atomic E-state index is -3.65. The Balaban J connectivity index is 1.46. The highest BCUT2D eigenvalue weighted by molar-refractivity contribution is 7.89. The van der Waals surface area contributed by atoms with Gasteiger partial charge in [0.25, 0.3) is 5.91 Å². The molecule has 0 aromatic heterocycles. The van der Waals surface area contributed by atoms with Gasteiger partial charge in [0.1, 0.15) is 5.75 Å². The summed E-state index contributed by atoms with van der Waals surface area (Å²) in [6, 6.07) is 18.1. The number of fused-ring (bicyclic) bond motifs is 1. The fourth-order valence-electron chi connectivity index (χ4n) is 4.31. The number of carbonyl (C=O) groups excluding carboxylic acids is 1. The summed E-state index contributed by atoms with van der Waals surface area (Å²) in [5, 5.41) is 2.14. The van der Waals surface area contributed by atoms with Crippen LogP contribution in [0.5, 0.6) is 5.75 Å². The van der Waals surface area contributed by atoms with E-state index in [1.807, 2.05) is 44.2 Å². The summed E-state index contributed by atoms with van der Waals surface area (Å²) in [5.74, 6) is 0.628. The van der Waals surface area contributed by atoms with Crippen molar-refractivity contribution in [3.63, 3.8) is 0 Å². The average molecular weight is 483 g/mol. The molecule has 3 aromatic carbocycles. The molecule has 0 spiro atoms. The summed E-state index contributed by atoms with van der Waals surface area (Å²) in [4.78, 5) is 14.8. The number of hydrogen-bond acceptors (Lipinski definition) is 5. The molecule has 0 saturated carbocycles. The van der Waals surface area contributed by atoms with Crippen molar-refractivity contribution < 1.29 is 22.7 Å². The van der Waals surface area contributed by atoms with Gasteiger partial charge >= 0.3 is 0 Å². The lowest BCUT2D eigenvalue weighted by Gasteiger charge is -2.34. The highest BCUT2D eigenvalue weighted by atomic mass is 32.2. The average Bonchev–Trinajstić information content (AvgIpc) is 2.82. The number of ether oxygens (including phenoxy) is 2. The number of morpholine rings is 1. The normalized spacial score (nSPS) is 19.2. The first-order valence-electron chi connectivity index (χ1n) is 11.2. The van der Waals surface area contributed by atoms with E-state index in [2.05, 4.69) is 6.07 Å². The molecule has 1 aliphatic heterocycles. The third kappa shape index (κ3) is 5.09. The molecule has 2 unspecified atom stereocenters. The van der Waals surface area contributed by atoms with Crippen molar-refractivity contribution in [2.75, 3.05) is 27.2 Å². The second-order valence-electron chi connectivity index (χ2n) is 8.81. The van der Waals surface area contributed by atoms with Crippen LogP contribution in [0, 0.1) is 0 Å². The number of sulfonamides is 1. The van der Waals surface area contributed by atoms with E-state index in [1.54, 1.807) is 31.2 Å². The molecule has 2 atom stereocenters. The third-order valence-corrected chi connectivity index (χ3v) is 7.85. The molecule has 1 saturated heterocycles. The maximum absolute atomic E-state index is 13.0. The Kier molecular flexibility index (Phi) is 6.93. The second kappa shape index (κ2) is 9.74. The van der Waals surface area contributed by atoms with Gasteiger partial charge in [-0.15, -0.1) is 0 Å². The van der Waals surface area contributed by atoms with Gasteiger partial charge in [-0.3, -0.25) is 4.79 Å². The zero-order valence-corrected chi connectivity index (χ0v) is 20.7. The van der Waals surface area contributed by atoms with Crippen molar-refractivity contribution in [1.29, 1.82) is 0 Å². The predicted octanol–water partition coefficient (Wildman–Crippen LogP) is 3.92. The lowest BCUT2D eigenvalue weighted by molar-refractivity contribution is -0.0440. The molecule has 0 aliphatic carbocycles. The zero-order valence-electron chi connectivity index (χ0n) is 19.9. The smallest absolute Gasteiger partial charge is 0.253 e. The number of benzene rings is 3. The van der Waals surface area contributed by atoms with Crippen LogP contribution in [0.3, 0.4) is 0 Å². The topological polar surface area (TPSA) is 76.2 Å². The Hall–Kier alpha value is -2.94. The van der Waals surface area contributed by atoms with Crippen LogP contribution in [0.1, 0.15) is 29.8 Å². The van der Waals surface area contributed by atoms with Crippen LogP contribution >= 0.6 is 0 Å². The molecular formula is C26H30N2O5S.